The number of rotatable bonds is 0. The van der Waals surface area contributed by atoms with Crippen LogP contribution in [0.5, 0.6) is 0 Å². The maximum Gasteiger partial charge on any atom is 0.315 e. The first kappa shape index (κ1) is 8.85. The van der Waals surface area contributed by atoms with Crippen LogP contribution >= 0.6 is 0 Å². The molecule has 0 bridgehead atoms. The van der Waals surface area contributed by atoms with E-state index < -0.39 is 0 Å². The first-order valence-electron chi connectivity index (χ1n) is 5.26. The fourth-order valence-corrected chi connectivity index (χ4v) is 3.04. The number of fused-ring (bicyclic) bond motifs is 1. The van der Waals surface area contributed by atoms with Crippen LogP contribution in [0.3, 0.4) is 0 Å². The van der Waals surface area contributed by atoms with Crippen LogP contribution in [-0.4, -0.2) is 23.5 Å². The first-order valence-corrected chi connectivity index (χ1v) is 5.26. The summed E-state index contributed by atoms with van der Waals surface area (Å²) in [7, 11) is 0. The SMILES string of the molecule is CC1C2CCCCC2CN1C(N)=O. The molecule has 13 heavy (non-hydrogen) atoms. The number of hydrogen-bond acceptors (Lipinski definition) is 1. The molecule has 0 spiro atoms. The summed E-state index contributed by atoms with van der Waals surface area (Å²) in [5, 5.41) is 0. The smallest absolute Gasteiger partial charge is 0.315 e. The lowest BCUT2D eigenvalue weighted by atomic mass is 9.79. The van der Waals surface area contributed by atoms with Gasteiger partial charge in [0.25, 0.3) is 0 Å². The van der Waals surface area contributed by atoms with Gasteiger partial charge in [-0.2, -0.15) is 0 Å². The predicted octanol–water partition coefficient (Wildman–Crippen LogP) is 1.58. The van der Waals surface area contributed by atoms with Crippen molar-refractivity contribution in [3.05, 3.63) is 0 Å². The lowest BCUT2D eigenvalue weighted by molar-refractivity contribution is 0.197. The van der Waals surface area contributed by atoms with Crippen molar-refractivity contribution in [1.29, 1.82) is 0 Å². The van der Waals surface area contributed by atoms with Crippen molar-refractivity contribution in [2.45, 2.75) is 38.6 Å². The van der Waals surface area contributed by atoms with E-state index in [1.54, 1.807) is 0 Å². The molecule has 0 radical (unpaired) electrons. The van der Waals surface area contributed by atoms with Crippen molar-refractivity contribution in [1.82, 2.24) is 4.90 Å². The molecule has 2 rings (SSSR count). The summed E-state index contributed by atoms with van der Waals surface area (Å²) in [6, 6.07) is 0.143. The second-order valence-electron chi connectivity index (χ2n) is 4.44. The Morgan fingerprint density at radius 3 is 2.69 bits per heavy atom. The summed E-state index contributed by atoms with van der Waals surface area (Å²) >= 11 is 0. The molecule has 1 saturated heterocycles. The normalized spacial score (nSPS) is 38.8. The molecule has 3 unspecified atom stereocenters. The topological polar surface area (TPSA) is 46.3 Å². The van der Waals surface area contributed by atoms with Crippen molar-refractivity contribution in [2.75, 3.05) is 6.54 Å². The molecule has 74 valence electrons. The van der Waals surface area contributed by atoms with Gasteiger partial charge in [0.05, 0.1) is 0 Å². The van der Waals surface area contributed by atoms with Gasteiger partial charge in [0.2, 0.25) is 0 Å². The van der Waals surface area contributed by atoms with Crippen LogP contribution in [0, 0.1) is 11.8 Å². The highest BCUT2D eigenvalue weighted by molar-refractivity contribution is 5.72. The van der Waals surface area contributed by atoms with Gasteiger partial charge in [-0.1, -0.05) is 12.8 Å². The van der Waals surface area contributed by atoms with E-state index in [4.69, 9.17) is 5.73 Å². The van der Waals surface area contributed by atoms with E-state index in [0.717, 1.165) is 18.4 Å². The maximum atomic E-state index is 11.1. The quantitative estimate of drug-likeness (QED) is 0.607. The van der Waals surface area contributed by atoms with Crippen molar-refractivity contribution in [3.63, 3.8) is 0 Å². The second-order valence-corrected chi connectivity index (χ2v) is 4.44. The third kappa shape index (κ3) is 1.40. The standard InChI is InChI=1S/C10H18N2O/c1-7-9-5-3-2-4-8(9)6-12(7)10(11)13/h7-9H,2-6H2,1H3,(H2,11,13). The average molecular weight is 182 g/mol. The molecular formula is C10H18N2O. The summed E-state index contributed by atoms with van der Waals surface area (Å²) in [6.45, 7) is 3.04. The number of primary amides is 1. The zero-order valence-corrected chi connectivity index (χ0v) is 8.20. The van der Waals surface area contributed by atoms with Crippen LogP contribution in [0.2, 0.25) is 0 Å². The minimum atomic E-state index is -0.234. The van der Waals surface area contributed by atoms with E-state index >= 15 is 0 Å². The molecule has 1 aliphatic heterocycles. The van der Waals surface area contributed by atoms with Gasteiger partial charge < -0.3 is 10.6 Å². The van der Waals surface area contributed by atoms with Crippen molar-refractivity contribution in [2.24, 2.45) is 17.6 Å². The average Bonchev–Trinajstić information content (AvgIpc) is 2.45. The number of amides is 2. The molecule has 0 aromatic carbocycles. The van der Waals surface area contributed by atoms with Crippen LogP contribution in [0.4, 0.5) is 4.79 Å². The Bertz CT molecular complexity index is 217. The molecule has 0 aromatic heterocycles. The Balaban J connectivity index is 2.09. The molecular weight excluding hydrogens is 164 g/mol. The van der Waals surface area contributed by atoms with Gasteiger partial charge in [0.15, 0.2) is 0 Å². The third-order valence-electron chi connectivity index (χ3n) is 3.79. The van der Waals surface area contributed by atoms with Gasteiger partial charge in [-0.15, -0.1) is 0 Å². The minimum absolute atomic E-state index is 0.234. The molecule has 0 aromatic rings. The molecule has 3 heteroatoms. The fourth-order valence-electron chi connectivity index (χ4n) is 3.04. The zero-order chi connectivity index (χ0) is 9.42. The predicted molar refractivity (Wildman–Crippen MR) is 51.2 cm³/mol. The van der Waals surface area contributed by atoms with Crippen LogP contribution in [0.1, 0.15) is 32.6 Å². The largest absolute Gasteiger partial charge is 0.351 e. The van der Waals surface area contributed by atoms with Gasteiger partial charge in [-0.05, 0) is 31.6 Å². The Morgan fingerprint density at radius 1 is 1.38 bits per heavy atom. The van der Waals surface area contributed by atoms with Gasteiger partial charge in [0, 0.05) is 12.6 Å². The van der Waals surface area contributed by atoms with Crippen LogP contribution in [-0.2, 0) is 0 Å². The second kappa shape index (κ2) is 3.20. The third-order valence-corrected chi connectivity index (χ3v) is 3.79. The Labute approximate surface area is 79.3 Å². The van der Waals surface area contributed by atoms with E-state index in [2.05, 4.69) is 6.92 Å². The molecule has 2 aliphatic rings. The van der Waals surface area contributed by atoms with Crippen molar-refractivity contribution >= 4 is 6.03 Å². The van der Waals surface area contributed by atoms with E-state index in [1.165, 1.54) is 25.7 Å². The molecule has 2 N–H and O–H groups in total. The highest BCUT2D eigenvalue weighted by Crippen LogP contribution is 2.39. The molecule has 1 aliphatic carbocycles. The Kier molecular flexibility index (Phi) is 2.18. The lowest BCUT2D eigenvalue weighted by Crippen LogP contribution is -2.39. The number of nitrogens with two attached hydrogens (primary N) is 1. The van der Waals surface area contributed by atoms with Crippen LogP contribution in [0.25, 0.3) is 0 Å². The summed E-state index contributed by atoms with van der Waals surface area (Å²) in [6.07, 6.45) is 5.24. The van der Waals surface area contributed by atoms with Gasteiger partial charge >= 0.3 is 6.03 Å². The van der Waals surface area contributed by atoms with Gasteiger partial charge in [-0.3, -0.25) is 0 Å². The highest BCUT2D eigenvalue weighted by atomic mass is 16.2. The molecule has 2 amide bonds. The van der Waals surface area contributed by atoms with Gasteiger partial charge in [0.1, 0.15) is 0 Å². The summed E-state index contributed by atoms with van der Waals surface area (Å²) < 4.78 is 0. The summed E-state index contributed by atoms with van der Waals surface area (Å²) in [4.78, 5) is 13.0. The summed E-state index contributed by atoms with van der Waals surface area (Å²) in [5.74, 6) is 1.46. The molecule has 1 heterocycles. The number of nitrogens with zero attached hydrogens (tertiary/aromatic N) is 1. The molecule has 3 nitrogen and oxygen atoms in total. The Morgan fingerprint density at radius 2 is 2.08 bits per heavy atom. The lowest BCUT2D eigenvalue weighted by Gasteiger charge is -2.26. The zero-order valence-electron chi connectivity index (χ0n) is 8.20. The molecule has 1 saturated carbocycles. The summed E-state index contributed by atoms with van der Waals surface area (Å²) in [5.41, 5.74) is 5.33. The first-order chi connectivity index (χ1) is 6.20. The van der Waals surface area contributed by atoms with E-state index in [9.17, 15) is 4.79 Å². The van der Waals surface area contributed by atoms with Crippen LogP contribution in [0.15, 0.2) is 0 Å². The van der Waals surface area contributed by atoms with Crippen molar-refractivity contribution in [3.8, 4) is 0 Å². The number of carbonyl (C=O) groups is 1. The van der Waals surface area contributed by atoms with E-state index in [1.807, 2.05) is 4.90 Å². The number of likely N-dealkylation sites (tertiary alicyclic amines) is 1. The number of hydrogen-bond donors (Lipinski definition) is 1. The van der Waals surface area contributed by atoms with Gasteiger partial charge in [-0.25, -0.2) is 4.79 Å². The van der Waals surface area contributed by atoms with E-state index in [0.29, 0.717) is 6.04 Å². The minimum Gasteiger partial charge on any atom is -0.351 e. The molecule has 2 fully saturated rings. The van der Waals surface area contributed by atoms with Crippen molar-refractivity contribution < 1.29 is 4.79 Å². The van der Waals surface area contributed by atoms with Crippen LogP contribution < -0.4 is 5.73 Å². The highest BCUT2D eigenvalue weighted by Gasteiger charge is 2.41. The number of carbonyl (C=O) groups excluding carboxylic acids is 1. The maximum absolute atomic E-state index is 11.1. The monoisotopic (exact) mass is 182 g/mol. The van der Waals surface area contributed by atoms with E-state index in [-0.39, 0.29) is 6.03 Å². The number of urea groups is 1. The fraction of sp³-hybridized carbons (Fsp3) is 0.900. The Hall–Kier alpha value is -0.730. The molecule has 3 atom stereocenters.